The molecule has 0 bridgehead atoms. The first-order valence-electron chi connectivity index (χ1n) is 14.7. The Hall–Kier alpha value is -3.42. The molecule has 1 saturated heterocycles. The lowest BCUT2D eigenvalue weighted by atomic mass is 9.96. The molecule has 1 aromatic heterocycles. The monoisotopic (exact) mass is 623 g/mol. The van der Waals surface area contributed by atoms with Crippen molar-refractivity contribution in [3.05, 3.63) is 82.9 Å². The van der Waals surface area contributed by atoms with Crippen molar-refractivity contribution in [2.75, 3.05) is 19.7 Å². The van der Waals surface area contributed by atoms with Crippen molar-refractivity contribution in [3.63, 3.8) is 0 Å². The van der Waals surface area contributed by atoms with Crippen LogP contribution in [0, 0.1) is 25.7 Å². The summed E-state index contributed by atoms with van der Waals surface area (Å²) in [6, 6.07) is 21.4. The van der Waals surface area contributed by atoms with Gasteiger partial charge in [-0.05, 0) is 127 Å². The molecule has 1 saturated carbocycles. The molecule has 0 atom stereocenters. The fourth-order valence-electron chi connectivity index (χ4n) is 6.32. The SMILES string of the molecule is C#C.Cc1cc(Cc2c(-c3ccc(OCCC4CCCC4)cc3)sc3cc(O)ccc23)ccc1CN1CCCC1.O.O.O.O. The Bertz CT molecular complexity index is 1440. The Balaban J connectivity index is 0.00000158. The van der Waals surface area contributed by atoms with Crippen molar-refractivity contribution in [3.8, 4) is 34.8 Å². The quantitative estimate of drug-likeness (QED) is 0.238. The number of fused-ring (bicyclic) bond motifs is 1. The van der Waals surface area contributed by atoms with E-state index < -0.39 is 0 Å². The number of nitrogens with zero attached hydrogens (tertiary/aromatic N) is 1. The molecule has 0 radical (unpaired) electrons. The Morgan fingerprint density at radius 3 is 2.20 bits per heavy atom. The number of thiophene rings is 1. The van der Waals surface area contributed by atoms with Crippen molar-refractivity contribution in [1.82, 2.24) is 4.90 Å². The van der Waals surface area contributed by atoms with Crippen LogP contribution in [-0.4, -0.2) is 51.6 Å². The van der Waals surface area contributed by atoms with Gasteiger partial charge < -0.3 is 31.7 Å². The smallest absolute Gasteiger partial charge is 0.119 e. The molecule has 9 N–H and O–H groups in total. The molecule has 44 heavy (non-hydrogen) atoms. The van der Waals surface area contributed by atoms with Crippen LogP contribution in [0.5, 0.6) is 11.5 Å². The van der Waals surface area contributed by atoms with Gasteiger partial charge in [0.1, 0.15) is 11.5 Å². The molecule has 0 unspecified atom stereocenters. The highest BCUT2D eigenvalue weighted by Crippen LogP contribution is 2.41. The highest BCUT2D eigenvalue weighted by Gasteiger charge is 2.18. The summed E-state index contributed by atoms with van der Waals surface area (Å²) in [5.74, 6) is 2.13. The van der Waals surface area contributed by atoms with E-state index in [4.69, 9.17) is 4.74 Å². The van der Waals surface area contributed by atoms with Gasteiger partial charge in [0.2, 0.25) is 0 Å². The van der Waals surface area contributed by atoms with Crippen LogP contribution in [0.4, 0.5) is 0 Å². The summed E-state index contributed by atoms with van der Waals surface area (Å²) >= 11 is 1.77. The van der Waals surface area contributed by atoms with E-state index in [1.54, 1.807) is 11.3 Å². The third-order valence-corrected chi connectivity index (χ3v) is 9.79. The summed E-state index contributed by atoms with van der Waals surface area (Å²) < 4.78 is 7.23. The fraction of sp³-hybridized carbons (Fsp3) is 0.389. The second-order valence-electron chi connectivity index (χ2n) is 11.3. The highest BCUT2D eigenvalue weighted by molar-refractivity contribution is 7.22. The van der Waals surface area contributed by atoms with E-state index >= 15 is 0 Å². The van der Waals surface area contributed by atoms with Crippen LogP contribution in [0.15, 0.2) is 60.7 Å². The average Bonchev–Trinajstić information content (AvgIpc) is 3.74. The zero-order chi connectivity index (χ0) is 27.9. The summed E-state index contributed by atoms with van der Waals surface area (Å²) in [5, 5.41) is 11.4. The maximum Gasteiger partial charge on any atom is 0.119 e. The molecule has 2 fully saturated rings. The summed E-state index contributed by atoms with van der Waals surface area (Å²) in [6.07, 6.45) is 18.2. The Morgan fingerprint density at radius 1 is 0.864 bits per heavy atom. The van der Waals surface area contributed by atoms with E-state index in [0.717, 1.165) is 35.9 Å². The second kappa shape index (κ2) is 18.4. The predicted octanol–water partition coefficient (Wildman–Crippen LogP) is 5.68. The van der Waals surface area contributed by atoms with Gasteiger partial charge in [-0.2, -0.15) is 0 Å². The third kappa shape index (κ3) is 9.29. The van der Waals surface area contributed by atoms with E-state index in [1.165, 1.54) is 96.1 Å². The van der Waals surface area contributed by atoms with Crippen LogP contribution in [0.25, 0.3) is 20.5 Å². The molecule has 6 rings (SSSR count). The van der Waals surface area contributed by atoms with Gasteiger partial charge in [-0.1, -0.05) is 43.9 Å². The van der Waals surface area contributed by atoms with Gasteiger partial charge in [0, 0.05) is 16.1 Å². The molecule has 1 aliphatic heterocycles. The first kappa shape index (κ1) is 38.6. The van der Waals surface area contributed by atoms with Crippen molar-refractivity contribution in [2.24, 2.45) is 5.92 Å². The van der Waals surface area contributed by atoms with Crippen molar-refractivity contribution >= 4 is 21.4 Å². The van der Waals surface area contributed by atoms with Gasteiger partial charge in [0.15, 0.2) is 0 Å². The van der Waals surface area contributed by atoms with Gasteiger partial charge in [-0.15, -0.1) is 24.2 Å². The maximum atomic E-state index is 10.2. The summed E-state index contributed by atoms with van der Waals surface area (Å²) in [6.45, 7) is 6.58. The van der Waals surface area contributed by atoms with E-state index in [0.29, 0.717) is 5.75 Å². The molecule has 3 aromatic carbocycles. The molecule has 2 aliphatic rings. The van der Waals surface area contributed by atoms with Gasteiger partial charge in [-0.25, -0.2) is 0 Å². The number of likely N-dealkylation sites (tertiary alicyclic amines) is 1. The minimum atomic E-state index is 0. The summed E-state index contributed by atoms with van der Waals surface area (Å²) in [5.41, 5.74) is 6.72. The molecular weight excluding hydrogens is 574 g/mol. The number of rotatable bonds is 9. The van der Waals surface area contributed by atoms with Crippen molar-refractivity contribution in [2.45, 2.75) is 64.8 Å². The molecule has 2 heterocycles. The van der Waals surface area contributed by atoms with Gasteiger partial charge in [0.25, 0.3) is 0 Å². The number of phenols is 1. The number of aromatic hydroxyl groups is 1. The average molecular weight is 624 g/mol. The number of phenolic OH excluding ortho intramolecular Hbond substituents is 1. The minimum absolute atomic E-state index is 0. The first-order valence-corrected chi connectivity index (χ1v) is 15.6. The van der Waals surface area contributed by atoms with Gasteiger partial charge in [-0.3, -0.25) is 4.90 Å². The number of hydrogen-bond donors (Lipinski definition) is 1. The Labute approximate surface area is 265 Å². The lowest BCUT2D eigenvalue weighted by Gasteiger charge is -2.17. The number of benzene rings is 3. The van der Waals surface area contributed by atoms with E-state index in [2.05, 4.69) is 73.2 Å². The molecular formula is C36H49NO6S. The van der Waals surface area contributed by atoms with Crippen LogP contribution < -0.4 is 4.74 Å². The number of aryl methyl sites for hydroxylation is 1. The fourth-order valence-corrected chi connectivity index (χ4v) is 7.58. The van der Waals surface area contributed by atoms with Gasteiger partial charge >= 0.3 is 0 Å². The first-order chi connectivity index (χ1) is 19.6. The summed E-state index contributed by atoms with van der Waals surface area (Å²) in [7, 11) is 0. The van der Waals surface area contributed by atoms with Crippen LogP contribution >= 0.6 is 11.3 Å². The van der Waals surface area contributed by atoms with E-state index in [1.807, 2.05) is 12.1 Å². The largest absolute Gasteiger partial charge is 0.508 e. The third-order valence-electron chi connectivity index (χ3n) is 8.54. The standard InChI is InChI=1S/C34H39NO2S.C2H2.4H2O/c1-24-20-26(8-9-28(24)23-35-17-4-5-18-35)21-32-31-15-12-29(36)22-33(31)38-34(32)27-10-13-30(14-11-27)37-19-16-25-6-2-3-7-25;1-2;;;;/h8-15,20,22,25,36H,2-7,16-19,21,23H2,1H3;1-2H;4*1H2. The maximum absolute atomic E-state index is 10.2. The zero-order valence-electron chi connectivity index (χ0n) is 25.7. The minimum Gasteiger partial charge on any atom is -0.508 e. The molecule has 4 aromatic rings. The van der Waals surface area contributed by atoms with Crippen molar-refractivity contribution in [1.29, 1.82) is 0 Å². The molecule has 0 amide bonds. The number of hydrogen-bond acceptors (Lipinski definition) is 4. The lowest BCUT2D eigenvalue weighted by molar-refractivity contribution is 0.279. The van der Waals surface area contributed by atoms with Crippen LogP contribution in [0.3, 0.4) is 0 Å². The normalized spacial score (nSPS) is 14.3. The van der Waals surface area contributed by atoms with E-state index in [9.17, 15) is 5.11 Å². The number of terminal acetylenes is 1. The Morgan fingerprint density at radius 2 is 1.55 bits per heavy atom. The molecule has 0 spiro atoms. The highest BCUT2D eigenvalue weighted by atomic mass is 32.1. The zero-order valence-corrected chi connectivity index (χ0v) is 26.5. The molecule has 1 aliphatic carbocycles. The van der Waals surface area contributed by atoms with Gasteiger partial charge in [0.05, 0.1) is 6.61 Å². The topological polar surface area (TPSA) is 159 Å². The molecule has 7 nitrogen and oxygen atoms in total. The number of ether oxygens (including phenoxy) is 1. The predicted molar refractivity (Wildman–Crippen MR) is 184 cm³/mol. The lowest BCUT2D eigenvalue weighted by Crippen LogP contribution is -2.18. The van der Waals surface area contributed by atoms with Crippen LogP contribution in [-0.2, 0) is 13.0 Å². The van der Waals surface area contributed by atoms with Crippen LogP contribution in [0.2, 0.25) is 0 Å². The second-order valence-corrected chi connectivity index (χ2v) is 12.4. The molecule has 240 valence electrons. The van der Waals surface area contributed by atoms with Crippen molar-refractivity contribution < 1.29 is 31.7 Å². The Kier molecular flexibility index (Phi) is 16.1. The molecule has 8 heteroatoms. The van der Waals surface area contributed by atoms with Crippen LogP contribution in [0.1, 0.15) is 67.2 Å². The summed E-state index contributed by atoms with van der Waals surface area (Å²) in [4.78, 5) is 3.85. The van der Waals surface area contributed by atoms with E-state index in [-0.39, 0.29) is 21.9 Å².